The number of carbonyl (C=O) groups is 1. The molecule has 0 bridgehead atoms. The molecule has 7 heteroatoms. The van der Waals surface area contributed by atoms with E-state index in [9.17, 15) is 14.9 Å². The van der Waals surface area contributed by atoms with E-state index in [4.69, 9.17) is 0 Å². The molecule has 0 saturated carbocycles. The number of non-ortho nitro benzene ring substituents is 1. The Hall–Kier alpha value is -2.09. The topological polar surface area (TPSA) is 75.5 Å². The molecule has 26 heavy (non-hydrogen) atoms. The number of ketones is 1. The Morgan fingerprint density at radius 3 is 2.73 bits per heavy atom. The molecular weight excluding hydrogens is 350 g/mol. The Labute approximate surface area is 157 Å². The number of hydrogen-bond acceptors (Lipinski definition) is 6. The molecular formula is C19H23N3O3S. The van der Waals surface area contributed by atoms with E-state index >= 15 is 0 Å². The fourth-order valence-electron chi connectivity index (χ4n) is 3.34. The highest BCUT2D eigenvalue weighted by molar-refractivity contribution is 7.10. The maximum Gasteiger partial charge on any atom is 0.270 e. The monoisotopic (exact) mass is 373 g/mol. The van der Waals surface area contributed by atoms with Gasteiger partial charge in [-0.05, 0) is 37.4 Å². The molecule has 1 aliphatic rings. The first-order chi connectivity index (χ1) is 12.6. The fraction of sp³-hybridized carbons (Fsp3) is 0.421. The van der Waals surface area contributed by atoms with Crippen LogP contribution in [-0.2, 0) is 0 Å². The zero-order valence-corrected chi connectivity index (χ0v) is 15.4. The summed E-state index contributed by atoms with van der Waals surface area (Å²) < 4.78 is 0. The second kappa shape index (κ2) is 9.02. The summed E-state index contributed by atoms with van der Waals surface area (Å²) in [5.41, 5.74) is 0.318. The lowest BCUT2D eigenvalue weighted by atomic mass is 10.1. The van der Waals surface area contributed by atoms with E-state index in [1.54, 1.807) is 23.5 Å². The molecule has 1 N–H and O–H groups in total. The van der Waals surface area contributed by atoms with Crippen molar-refractivity contribution in [2.75, 3.05) is 26.2 Å². The number of nitro benzene ring substituents is 1. The van der Waals surface area contributed by atoms with Gasteiger partial charge >= 0.3 is 0 Å². The number of nitrogens with one attached hydrogen (secondary N) is 1. The van der Waals surface area contributed by atoms with Gasteiger partial charge < -0.3 is 5.32 Å². The quantitative estimate of drug-likeness (QED) is 0.434. The Morgan fingerprint density at radius 1 is 1.23 bits per heavy atom. The number of hydrogen-bond donors (Lipinski definition) is 1. The molecule has 1 saturated heterocycles. The number of carbonyl (C=O) groups excluding carboxylic acids is 1. The van der Waals surface area contributed by atoms with Gasteiger partial charge in [0.2, 0.25) is 0 Å². The number of benzene rings is 1. The Bertz CT molecular complexity index is 742. The molecule has 1 fully saturated rings. The van der Waals surface area contributed by atoms with E-state index in [1.165, 1.54) is 36.3 Å². The molecule has 0 radical (unpaired) electrons. The van der Waals surface area contributed by atoms with Crippen LogP contribution in [-0.4, -0.2) is 41.8 Å². The van der Waals surface area contributed by atoms with E-state index in [2.05, 4.69) is 27.7 Å². The molecule has 1 aromatic carbocycles. The first-order valence-corrected chi connectivity index (χ1v) is 9.79. The van der Waals surface area contributed by atoms with Crippen molar-refractivity contribution in [3.05, 3.63) is 62.3 Å². The lowest BCUT2D eigenvalue weighted by molar-refractivity contribution is -0.384. The Kier molecular flexibility index (Phi) is 6.49. The lowest BCUT2D eigenvalue weighted by Gasteiger charge is -2.34. The minimum absolute atomic E-state index is 0.0550. The Morgan fingerprint density at radius 2 is 2.04 bits per heavy atom. The molecule has 2 heterocycles. The van der Waals surface area contributed by atoms with Crippen molar-refractivity contribution in [3.8, 4) is 0 Å². The maximum atomic E-state index is 12.4. The van der Waals surface area contributed by atoms with Gasteiger partial charge in [0.1, 0.15) is 0 Å². The highest BCUT2D eigenvalue weighted by atomic mass is 32.1. The van der Waals surface area contributed by atoms with Gasteiger partial charge in [-0.1, -0.05) is 24.6 Å². The van der Waals surface area contributed by atoms with E-state index in [0.29, 0.717) is 12.1 Å². The summed E-state index contributed by atoms with van der Waals surface area (Å²) in [6, 6.07) is 10.4. The van der Waals surface area contributed by atoms with Crippen molar-refractivity contribution in [2.45, 2.75) is 25.3 Å². The first kappa shape index (κ1) is 18.7. The highest BCUT2D eigenvalue weighted by Gasteiger charge is 2.23. The Balaban J connectivity index is 1.60. The summed E-state index contributed by atoms with van der Waals surface area (Å²) in [6.45, 7) is 3.05. The van der Waals surface area contributed by atoms with Crippen LogP contribution in [0.3, 0.4) is 0 Å². The molecule has 0 amide bonds. The second-order valence-electron chi connectivity index (χ2n) is 6.49. The van der Waals surface area contributed by atoms with Gasteiger partial charge in [-0.2, -0.15) is 0 Å². The summed E-state index contributed by atoms with van der Waals surface area (Å²) in [5, 5.41) is 16.2. The van der Waals surface area contributed by atoms with Crippen LogP contribution in [0, 0.1) is 10.1 Å². The van der Waals surface area contributed by atoms with Crippen LogP contribution < -0.4 is 5.32 Å². The molecule has 2 aromatic rings. The summed E-state index contributed by atoms with van der Waals surface area (Å²) in [5.74, 6) is -0.128. The van der Waals surface area contributed by atoms with Gasteiger partial charge in [-0.15, -0.1) is 11.3 Å². The van der Waals surface area contributed by atoms with E-state index in [0.717, 1.165) is 13.1 Å². The number of piperidine rings is 1. The zero-order valence-electron chi connectivity index (χ0n) is 14.6. The highest BCUT2D eigenvalue weighted by Crippen LogP contribution is 2.27. The van der Waals surface area contributed by atoms with Gasteiger partial charge in [0.05, 0.1) is 17.5 Å². The number of nitrogens with zero attached hydrogens (tertiary/aromatic N) is 2. The van der Waals surface area contributed by atoms with Gasteiger partial charge in [0.25, 0.3) is 5.69 Å². The van der Waals surface area contributed by atoms with Gasteiger partial charge in [0, 0.05) is 29.1 Å². The van der Waals surface area contributed by atoms with Crippen molar-refractivity contribution in [1.29, 1.82) is 0 Å². The number of thiophene rings is 1. The molecule has 1 atom stereocenters. The predicted octanol–water partition coefficient (Wildman–Crippen LogP) is 3.66. The van der Waals surface area contributed by atoms with Crippen molar-refractivity contribution in [1.82, 2.24) is 10.2 Å². The number of likely N-dealkylation sites (tertiary alicyclic amines) is 1. The molecule has 1 unspecified atom stereocenters. The van der Waals surface area contributed by atoms with Gasteiger partial charge in [-0.25, -0.2) is 0 Å². The van der Waals surface area contributed by atoms with Crippen LogP contribution in [0.1, 0.15) is 40.5 Å². The van der Waals surface area contributed by atoms with Crippen molar-refractivity contribution in [2.24, 2.45) is 0 Å². The predicted molar refractivity (Wildman–Crippen MR) is 103 cm³/mol. The third kappa shape index (κ3) is 4.75. The normalized spacial score (nSPS) is 16.3. The molecule has 0 aliphatic carbocycles. The van der Waals surface area contributed by atoms with E-state index in [1.807, 2.05) is 0 Å². The van der Waals surface area contributed by atoms with Crippen molar-refractivity contribution >= 4 is 22.8 Å². The summed E-state index contributed by atoms with van der Waals surface area (Å²) in [4.78, 5) is 26.5. The fourth-order valence-corrected chi connectivity index (χ4v) is 4.20. The summed E-state index contributed by atoms with van der Waals surface area (Å²) in [6.07, 6.45) is 3.72. The van der Waals surface area contributed by atoms with Crippen LogP contribution >= 0.6 is 11.3 Å². The first-order valence-electron chi connectivity index (χ1n) is 8.91. The average molecular weight is 373 g/mol. The van der Waals surface area contributed by atoms with Crippen LogP contribution in [0.2, 0.25) is 0 Å². The van der Waals surface area contributed by atoms with E-state index < -0.39 is 4.92 Å². The van der Waals surface area contributed by atoms with Crippen molar-refractivity contribution < 1.29 is 9.72 Å². The molecule has 138 valence electrons. The number of rotatable bonds is 8. The van der Waals surface area contributed by atoms with Gasteiger partial charge in [-0.3, -0.25) is 19.8 Å². The number of nitro groups is 1. The standard InChI is InChI=1S/C19H23N3O3S/c23-18(15-6-4-7-16(12-15)22(24)25)14-20-13-17(19-8-5-11-26-19)21-9-2-1-3-10-21/h4-8,11-12,17,20H,1-3,9-10,13-14H2. The van der Waals surface area contributed by atoms with E-state index in [-0.39, 0.29) is 24.1 Å². The van der Waals surface area contributed by atoms with Crippen LogP contribution in [0.4, 0.5) is 5.69 Å². The molecule has 3 rings (SSSR count). The second-order valence-corrected chi connectivity index (χ2v) is 7.47. The molecule has 6 nitrogen and oxygen atoms in total. The lowest BCUT2D eigenvalue weighted by Crippen LogP contribution is -2.39. The van der Waals surface area contributed by atoms with Crippen LogP contribution in [0.5, 0.6) is 0 Å². The summed E-state index contributed by atoms with van der Waals surface area (Å²) in [7, 11) is 0. The van der Waals surface area contributed by atoms with Crippen LogP contribution in [0.25, 0.3) is 0 Å². The minimum Gasteiger partial charge on any atom is -0.308 e. The number of Topliss-reactive ketones (excluding diaryl/α,β-unsaturated/α-hetero) is 1. The molecule has 1 aliphatic heterocycles. The molecule has 0 spiro atoms. The smallest absolute Gasteiger partial charge is 0.270 e. The van der Waals surface area contributed by atoms with Gasteiger partial charge in [0.15, 0.2) is 5.78 Å². The minimum atomic E-state index is -0.479. The summed E-state index contributed by atoms with van der Waals surface area (Å²) >= 11 is 1.74. The van der Waals surface area contributed by atoms with Crippen LogP contribution in [0.15, 0.2) is 41.8 Å². The van der Waals surface area contributed by atoms with Crippen molar-refractivity contribution in [3.63, 3.8) is 0 Å². The zero-order chi connectivity index (χ0) is 18.4. The molecule has 1 aromatic heterocycles. The average Bonchev–Trinajstić information content (AvgIpc) is 3.20. The maximum absolute atomic E-state index is 12.4. The third-order valence-electron chi connectivity index (χ3n) is 4.71. The SMILES string of the molecule is O=C(CNCC(c1cccs1)N1CCCCC1)c1cccc([N+](=O)[O-])c1. The largest absolute Gasteiger partial charge is 0.308 e. The third-order valence-corrected chi connectivity index (χ3v) is 5.68.